The van der Waals surface area contributed by atoms with E-state index >= 15 is 0 Å². The number of fused-ring (bicyclic) bond motifs is 1. The molecule has 0 aliphatic carbocycles. The monoisotopic (exact) mass is 205 g/mol. The molecule has 1 aliphatic heterocycles. The summed E-state index contributed by atoms with van der Waals surface area (Å²) in [5.41, 5.74) is 0.972. The Bertz CT molecular complexity index is 397. The standard InChI is InChI=1S/C11H11NO3/c12-5-9(6-13)3-8-1-2-10-11(4-8)15-7-14-10/h1-2,4,9,13H,3,6-7H2/t9-/m0/s1. The van der Waals surface area contributed by atoms with Gasteiger partial charge in [0.2, 0.25) is 6.79 Å². The third-order valence-corrected chi connectivity index (χ3v) is 2.32. The number of ether oxygens (including phenoxy) is 2. The second-order valence-electron chi connectivity index (χ2n) is 3.40. The molecule has 0 unspecified atom stereocenters. The number of aliphatic hydroxyl groups excluding tert-OH is 1. The van der Waals surface area contributed by atoms with Crippen molar-refractivity contribution >= 4 is 0 Å². The molecule has 2 rings (SSSR count). The van der Waals surface area contributed by atoms with E-state index in [9.17, 15) is 0 Å². The maximum atomic E-state index is 8.90. The summed E-state index contributed by atoms with van der Waals surface area (Å²) in [6, 6.07) is 7.60. The lowest BCUT2D eigenvalue weighted by Crippen LogP contribution is -2.06. The molecule has 15 heavy (non-hydrogen) atoms. The molecule has 1 aromatic rings. The molecule has 0 bridgehead atoms. The zero-order chi connectivity index (χ0) is 10.7. The second-order valence-corrected chi connectivity index (χ2v) is 3.40. The van der Waals surface area contributed by atoms with Crippen LogP contribution in [0.1, 0.15) is 5.56 Å². The Labute approximate surface area is 87.7 Å². The highest BCUT2D eigenvalue weighted by atomic mass is 16.7. The number of hydrogen-bond donors (Lipinski definition) is 1. The highest BCUT2D eigenvalue weighted by Crippen LogP contribution is 2.32. The van der Waals surface area contributed by atoms with Gasteiger partial charge in [-0.25, -0.2) is 0 Å². The van der Waals surface area contributed by atoms with Gasteiger partial charge >= 0.3 is 0 Å². The Balaban J connectivity index is 2.13. The van der Waals surface area contributed by atoms with E-state index in [0.29, 0.717) is 12.2 Å². The van der Waals surface area contributed by atoms with Crippen LogP contribution in [0.25, 0.3) is 0 Å². The van der Waals surface area contributed by atoms with Crippen LogP contribution in [0.3, 0.4) is 0 Å². The summed E-state index contributed by atoms with van der Waals surface area (Å²) < 4.78 is 10.4. The number of hydrogen-bond acceptors (Lipinski definition) is 4. The number of rotatable bonds is 3. The molecule has 4 nitrogen and oxygen atoms in total. The molecule has 0 amide bonds. The fourth-order valence-corrected chi connectivity index (χ4v) is 1.50. The number of nitrogens with zero attached hydrogens (tertiary/aromatic N) is 1. The van der Waals surface area contributed by atoms with Gasteiger partial charge in [0.1, 0.15) is 0 Å². The van der Waals surface area contributed by atoms with Crippen LogP contribution in [0.5, 0.6) is 11.5 Å². The maximum Gasteiger partial charge on any atom is 0.231 e. The number of benzene rings is 1. The lowest BCUT2D eigenvalue weighted by atomic mass is 10.0. The van der Waals surface area contributed by atoms with Gasteiger partial charge in [-0.2, -0.15) is 5.26 Å². The van der Waals surface area contributed by atoms with Gasteiger partial charge in [0.25, 0.3) is 0 Å². The van der Waals surface area contributed by atoms with E-state index < -0.39 is 0 Å². The Morgan fingerprint density at radius 3 is 2.93 bits per heavy atom. The summed E-state index contributed by atoms with van der Waals surface area (Å²) in [6.07, 6.45) is 0.531. The Morgan fingerprint density at radius 1 is 1.40 bits per heavy atom. The van der Waals surface area contributed by atoms with Crippen LogP contribution in [-0.2, 0) is 6.42 Å². The van der Waals surface area contributed by atoms with Crippen molar-refractivity contribution in [2.75, 3.05) is 13.4 Å². The molecule has 1 atom stereocenters. The molecule has 0 radical (unpaired) electrons. The first-order chi connectivity index (χ1) is 7.33. The molecular weight excluding hydrogens is 194 g/mol. The van der Waals surface area contributed by atoms with Crippen LogP contribution in [-0.4, -0.2) is 18.5 Å². The normalized spacial score (nSPS) is 14.7. The SMILES string of the molecule is N#C[C@@H](CO)Cc1ccc2c(c1)OCO2. The topological polar surface area (TPSA) is 62.5 Å². The summed E-state index contributed by atoms with van der Waals surface area (Å²) in [5, 5.41) is 17.6. The van der Waals surface area contributed by atoms with Crippen LogP contribution in [0.15, 0.2) is 18.2 Å². The van der Waals surface area contributed by atoms with E-state index in [0.717, 1.165) is 11.3 Å². The molecule has 1 aromatic carbocycles. The third-order valence-electron chi connectivity index (χ3n) is 2.32. The largest absolute Gasteiger partial charge is 0.454 e. The minimum absolute atomic E-state index is 0.120. The molecule has 0 saturated heterocycles. The molecule has 1 N–H and O–H groups in total. The van der Waals surface area contributed by atoms with Crippen molar-refractivity contribution in [3.8, 4) is 17.6 Å². The van der Waals surface area contributed by atoms with Crippen molar-refractivity contribution in [2.45, 2.75) is 6.42 Å². The maximum absolute atomic E-state index is 8.90. The third kappa shape index (κ3) is 2.03. The van der Waals surface area contributed by atoms with Gasteiger partial charge in [0.05, 0.1) is 18.6 Å². The lowest BCUT2D eigenvalue weighted by molar-refractivity contribution is 0.174. The van der Waals surface area contributed by atoms with Gasteiger partial charge in [-0.1, -0.05) is 6.07 Å². The van der Waals surface area contributed by atoms with Crippen LogP contribution >= 0.6 is 0 Å². The van der Waals surface area contributed by atoms with Crippen LogP contribution in [0.4, 0.5) is 0 Å². The minimum atomic E-state index is -0.356. The average molecular weight is 205 g/mol. The zero-order valence-corrected chi connectivity index (χ0v) is 8.14. The Hall–Kier alpha value is -1.73. The molecule has 0 saturated carbocycles. The lowest BCUT2D eigenvalue weighted by Gasteiger charge is -2.05. The molecule has 1 heterocycles. The van der Waals surface area contributed by atoms with Crippen molar-refractivity contribution in [1.82, 2.24) is 0 Å². The van der Waals surface area contributed by atoms with Crippen molar-refractivity contribution < 1.29 is 14.6 Å². The number of aliphatic hydroxyl groups is 1. The van der Waals surface area contributed by atoms with Gasteiger partial charge in [-0.15, -0.1) is 0 Å². The average Bonchev–Trinajstić information content (AvgIpc) is 2.73. The summed E-state index contributed by atoms with van der Waals surface area (Å²) in [5.74, 6) is 1.09. The van der Waals surface area contributed by atoms with Gasteiger partial charge < -0.3 is 14.6 Å². The van der Waals surface area contributed by atoms with E-state index in [-0.39, 0.29) is 19.3 Å². The van der Waals surface area contributed by atoms with Crippen molar-refractivity contribution in [3.63, 3.8) is 0 Å². The first kappa shape index (κ1) is 9.81. The van der Waals surface area contributed by atoms with Gasteiger partial charge in [-0.3, -0.25) is 0 Å². The van der Waals surface area contributed by atoms with Crippen molar-refractivity contribution in [1.29, 1.82) is 5.26 Å². The van der Waals surface area contributed by atoms with E-state index in [4.69, 9.17) is 19.8 Å². The summed E-state index contributed by atoms with van der Waals surface area (Å²) in [4.78, 5) is 0. The van der Waals surface area contributed by atoms with E-state index in [1.165, 1.54) is 0 Å². The molecule has 1 aliphatic rings. The Morgan fingerprint density at radius 2 is 2.20 bits per heavy atom. The molecular formula is C11H11NO3. The van der Waals surface area contributed by atoms with E-state index in [1.807, 2.05) is 24.3 Å². The summed E-state index contributed by atoms with van der Waals surface area (Å²) >= 11 is 0. The molecule has 0 spiro atoms. The fourth-order valence-electron chi connectivity index (χ4n) is 1.50. The van der Waals surface area contributed by atoms with Crippen LogP contribution in [0, 0.1) is 17.2 Å². The highest BCUT2D eigenvalue weighted by Gasteiger charge is 2.14. The second kappa shape index (κ2) is 4.20. The zero-order valence-electron chi connectivity index (χ0n) is 8.14. The predicted molar refractivity (Wildman–Crippen MR) is 52.5 cm³/mol. The smallest absolute Gasteiger partial charge is 0.231 e. The molecule has 0 aromatic heterocycles. The quantitative estimate of drug-likeness (QED) is 0.802. The predicted octanol–water partition coefficient (Wildman–Crippen LogP) is 1.09. The van der Waals surface area contributed by atoms with E-state index in [2.05, 4.69) is 0 Å². The van der Waals surface area contributed by atoms with Crippen LogP contribution < -0.4 is 9.47 Å². The van der Waals surface area contributed by atoms with Crippen molar-refractivity contribution in [2.24, 2.45) is 5.92 Å². The molecule has 78 valence electrons. The number of nitriles is 1. The first-order valence-electron chi connectivity index (χ1n) is 4.72. The first-order valence-corrected chi connectivity index (χ1v) is 4.72. The molecule has 0 fully saturated rings. The van der Waals surface area contributed by atoms with Crippen molar-refractivity contribution in [3.05, 3.63) is 23.8 Å². The fraction of sp³-hybridized carbons (Fsp3) is 0.364. The Kier molecular flexibility index (Phi) is 2.75. The van der Waals surface area contributed by atoms with Gasteiger partial charge in [0, 0.05) is 0 Å². The summed E-state index contributed by atoms with van der Waals surface area (Å²) in [6.45, 7) is 0.130. The van der Waals surface area contributed by atoms with Crippen LogP contribution in [0.2, 0.25) is 0 Å². The van der Waals surface area contributed by atoms with Gasteiger partial charge in [0.15, 0.2) is 11.5 Å². The highest BCUT2D eigenvalue weighted by molar-refractivity contribution is 5.44. The minimum Gasteiger partial charge on any atom is -0.454 e. The molecule has 4 heteroatoms. The van der Waals surface area contributed by atoms with Gasteiger partial charge in [-0.05, 0) is 24.1 Å². The van der Waals surface area contributed by atoms with E-state index in [1.54, 1.807) is 0 Å². The summed E-state index contributed by atoms with van der Waals surface area (Å²) in [7, 11) is 0.